The molecule has 1 amide bonds. The molecule has 82 valence electrons. The summed E-state index contributed by atoms with van der Waals surface area (Å²) in [5.41, 5.74) is 0. The predicted molar refractivity (Wildman–Crippen MR) is 57.2 cm³/mol. The number of hydrogen-bond acceptors (Lipinski definition) is 3. The summed E-state index contributed by atoms with van der Waals surface area (Å²) >= 11 is 0. The Kier molecular flexibility index (Phi) is 4.35. The van der Waals surface area contributed by atoms with Crippen LogP contribution < -0.4 is 10.6 Å². The summed E-state index contributed by atoms with van der Waals surface area (Å²) in [6.07, 6.45) is 0. The zero-order valence-corrected chi connectivity index (χ0v) is 9.34. The molecule has 1 atom stereocenters. The van der Waals surface area contributed by atoms with E-state index in [2.05, 4.69) is 15.5 Å². The van der Waals surface area contributed by atoms with E-state index in [1.165, 1.54) is 0 Å². The summed E-state index contributed by atoms with van der Waals surface area (Å²) in [5, 5.41) is 6.21. The van der Waals surface area contributed by atoms with Gasteiger partial charge in [-0.3, -0.25) is 9.69 Å². The molecule has 0 radical (unpaired) electrons. The summed E-state index contributed by atoms with van der Waals surface area (Å²) in [4.78, 5) is 13.9. The Bertz CT molecular complexity index is 188. The van der Waals surface area contributed by atoms with E-state index in [1.54, 1.807) is 0 Å². The van der Waals surface area contributed by atoms with Crippen LogP contribution in [0.3, 0.4) is 0 Å². The van der Waals surface area contributed by atoms with E-state index < -0.39 is 0 Å². The number of rotatable bonds is 3. The molecule has 0 saturated carbocycles. The van der Waals surface area contributed by atoms with Crippen molar-refractivity contribution in [3.63, 3.8) is 0 Å². The van der Waals surface area contributed by atoms with Gasteiger partial charge in [0.2, 0.25) is 5.91 Å². The third-order valence-electron chi connectivity index (χ3n) is 2.51. The third-order valence-corrected chi connectivity index (χ3v) is 2.51. The number of carbonyl (C=O) groups is 1. The first kappa shape index (κ1) is 11.5. The molecule has 0 bridgehead atoms. The lowest BCUT2D eigenvalue weighted by molar-refractivity contribution is -0.126. The maximum Gasteiger partial charge on any atom is 0.237 e. The third kappa shape index (κ3) is 3.27. The quantitative estimate of drug-likeness (QED) is 0.662. The lowest BCUT2D eigenvalue weighted by Crippen LogP contribution is -2.53. The van der Waals surface area contributed by atoms with E-state index in [0.717, 1.165) is 26.2 Å². The number of carbonyl (C=O) groups excluding carboxylic acids is 1. The first-order valence-corrected chi connectivity index (χ1v) is 5.36. The van der Waals surface area contributed by atoms with Crippen LogP contribution in [0.25, 0.3) is 0 Å². The van der Waals surface area contributed by atoms with Crippen LogP contribution in [0.2, 0.25) is 0 Å². The zero-order chi connectivity index (χ0) is 10.6. The highest BCUT2D eigenvalue weighted by molar-refractivity contribution is 5.81. The van der Waals surface area contributed by atoms with Gasteiger partial charge in [-0.1, -0.05) is 0 Å². The van der Waals surface area contributed by atoms with E-state index in [9.17, 15) is 4.79 Å². The summed E-state index contributed by atoms with van der Waals surface area (Å²) < 4.78 is 0. The molecular formula is C10H21N3O. The van der Waals surface area contributed by atoms with Gasteiger partial charge < -0.3 is 10.6 Å². The summed E-state index contributed by atoms with van der Waals surface area (Å²) in [5.74, 6) is 0.141. The molecule has 0 aliphatic carbocycles. The molecule has 1 aliphatic rings. The minimum absolute atomic E-state index is 0.000463. The fourth-order valence-corrected chi connectivity index (χ4v) is 1.64. The molecule has 1 rings (SSSR count). The number of hydrogen-bond donors (Lipinski definition) is 2. The second kappa shape index (κ2) is 5.32. The normalized spacial score (nSPS) is 20.9. The smallest absolute Gasteiger partial charge is 0.237 e. The van der Waals surface area contributed by atoms with Gasteiger partial charge in [0.25, 0.3) is 0 Å². The van der Waals surface area contributed by atoms with Crippen molar-refractivity contribution in [2.75, 3.05) is 26.2 Å². The molecule has 4 nitrogen and oxygen atoms in total. The standard InChI is InChI=1S/C10H21N3O/c1-8(2)12-10(14)9(3)13-6-4-11-5-7-13/h8-9,11H,4-7H2,1-3H3,(H,12,14)/t9-/m0/s1. The molecule has 1 aliphatic heterocycles. The Labute approximate surface area is 86.0 Å². The van der Waals surface area contributed by atoms with Crippen LogP contribution in [0.15, 0.2) is 0 Å². The lowest BCUT2D eigenvalue weighted by atomic mass is 10.2. The minimum atomic E-state index is -0.000463. The Balaban J connectivity index is 2.38. The van der Waals surface area contributed by atoms with Crippen molar-refractivity contribution < 1.29 is 4.79 Å². The van der Waals surface area contributed by atoms with Crippen LogP contribution in [0.4, 0.5) is 0 Å². The second-order valence-electron chi connectivity index (χ2n) is 4.13. The molecule has 0 aromatic rings. The zero-order valence-electron chi connectivity index (χ0n) is 9.34. The summed E-state index contributed by atoms with van der Waals surface area (Å²) in [7, 11) is 0. The SMILES string of the molecule is CC(C)NC(=O)[C@H](C)N1CCNCC1. The van der Waals surface area contributed by atoms with Crippen molar-refractivity contribution in [1.82, 2.24) is 15.5 Å². The van der Waals surface area contributed by atoms with Crippen molar-refractivity contribution in [3.8, 4) is 0 Å². The van der Waals surface area contributed by atoms with Gasteiger partial charge in [-0.2, -0.15) is 0 Å². The number of nitrogens with one attached hydrogen (secondary N) is 2. The maximum atomic E-state index is 11.7. The maximum absolute atomic E-state index is 11.7. The first-order chi connectivity index (χ1) is 6.61. The Morgan fingerprint density at radius 1 is 1.29 bits per heavy atom. The molecule has 1 fully saturated rings. The van der Waals surface area contributed by atoms with E-state index in [4.69, 9.17) is 0 Å². The van der Waals surface area contributed by atoms with Gasteiger partial charge in [0.05, 0.1) is 6.04 Å². The number of nitrogens with zero attached hydrogens (tertiary/aromatic N) is 1. The number of piperazine rings is 1. The van der Waals surface area contributed by atoms with Crippen molar-refractivity contribution in [2.45, 2.75) is 32.9 Å². The average molecular weight is 199 g/mol. The van der Waals surface area contributed by atoms with Crippen LogP contribution in [0.5, 0.6) is 0 Å². The van der Waals surface area contributed by atoms with E-state index >= 15 is 0 Å². The van der Waals surface area contributed by atoms with Crippen molar-refractivity contribution in [2.24, 2.45) is 0 Å². The van der Waals surface area contributed by atoms with Crippen LogP contribution >= 0.6 is 0 Å². The van der Waals surface area contributed by atoms with Gasteiger partial charge in [-0.25, -0.2) is 0 Å². The molecule has 1 heterocycles. The van der Waals surface area contributed by atoms with E-state index in [0.29, 0.717) is 0 Å². The highest BCUT2D eigenvalue weighted by Crippen LogP contribution is 2.01. The van der Waals surface area contributed by atoms with Gasteiger partial charge in [0.1, 0.15) is 0 Å². The Morgan fingerprint density at radius 3 is 2.36 bits per heavy atom. The topological polar surface area (TPSA) is 44.4 Å². The van der Waals surface area contributed by atoms with Crippen LogP contribution in [-0.2, 0) is 4.79 Å². The van der Waals surface area contributed by atoms with Gasteiger partial charge >= 0.3 is 0 Å². The van der Waals surface area contributed by atoms with Crippen molar-refractivity contribution >= 4 is 5.91 Å². The first-order valence-electron chi connectivity index (χ1n) is 5.36. The van der Waals surface area contributed by atoms with Gasteiger partial charge in [0, 0.05) is 32.2 Å². The van der Waals surface area contributed by atoms with Gasteiger partial charge in [-0.15, -0.1) is 0 Å². The summed E-state index contributed by atoms with van der Waals surface area (Å²) in [6.45, 7) is 9.85. The molecule has 0 aromatic heterocycles. The lowest BCUT2D eigenvalue weighted by Gasteiger charge is -2.32. The molecular weight excluding hydrogens is 178 g/mol. The van der Waals surface area contributed by atoms with Crippen LogP contribution in [0, 0.1) is 0 Å². The summed E-state index contributed by atoms with van der Waals surface area (Å²) in [6, 6.07) is 0.229. The Morgan fingerprint density at radius 2 is 1.86 bits per heavy atom. The fraction of sp³-hybridized carbons (Fsp3) is 0.900. The van der Waals surface area contributed by atoms with Crippen LogP contribution in [0.1, 0.15) is 20.8 Å². The van der Waals surface area contributed by atoms with Gasteiger partial charge in [0.15, 0.2) is 0 Å². The van der Waals surface area contributed by atoms with E-state index in [1.807, 2.05) is 20.8 Å². The minimum Gasteiger partial charge on any atom is -0.353 e. The molecule has 2 N–H and O–H groups in total. The number of amides is 1. The molecule has 14 heavy (non-hydrogen) atoms. The predicted octanol–water partition coefficient (Wildman–Crippen LogP) is -0.195. The molecule has 0 unspecified atom stereocenters. The molecule has 4 heteroatoms. The highest BCUT2D eigenvalue weighted by atomic mass is 16.2. The van der Waals surface area contributed by atoms with Gasteiger partial charge in [-0.05, 0) is 20.8 Å². The molecule has 0 aromatic carbocycles. The average Bonchev–Trinajstić information content (AvgIpc) is 2.17. The molecule has 1 saturated heterocycles. The monoisotopic (exact) mass is 199 g/mol. The van der Waals surface area contributed by atoms with Crippen LogP contribution in [-0.4, -0.2) is 49.1 Å². The Hall–Kier alpha value is -0.610. The highest BCUT2D eigenvalue weighted by Gasteiger charge is 2.22. The van der Waals surface area contributed by atoms with Crippen molar-refractivity contribution in [3.05, 3.63) is 0 Å². The largest absolute Gasteiger partial charge is 0.353 e. The van der Waals surface area contributed by atoms with Crippen molar-refractivity contribution in [1.29, 1.82) is 0 Å². The fourth-order valence-electron chi connectivity index (χ4n) is 1.64. The molecule has 0 spiro atoms. The van der Waals surface area contributed by atoms with E-state index in [-0.39, 0.29) is 18.0 Å². The second-order valence-corrected chi connectivity index (χ2v) is 4.13.